The first kappa shape index (κ1) is 18.4. The van der Waals surface area contributed by atoms with Crippen LogP contribution in [0.2, 0.25) is 5.02 Å². The average Bonchev–Trinajstić information content (AvgIpc) is 3.42. The van der Waals surface area contributed by atoms with E-state index in [0.717, 1.165) is 43.7 Å². The Labute approximate surface area is 172 Å². The van der Waals surface area contributed by atoms with Crippen LogP contribution < -0.4 is 15.8 Å². The fourth-order valence-corrected chi connectivity index (χ4v) is 4.47. The second-order valence-electron chi connectivity index (χ2n) is 7.73. The molecule has 150 valence electrons. The Balaban J connectivity index is 1.41. The van der Waals surface area contributed by atoms with E-state index in [-0.39, 0.29) is 23.7 Å². The minimum atomic E-state index is -0.365. The van der Waals surface area contributed by atoms with Crippen LogP contribution in [-0.2, 0) is 18.6 Å². The fourth-order valence-electron chi connectivity index (χ4n) is 4.30. The van der Waals surface area contributed by atoms with Crippen LogP contribution in [0.25, 0.3) is 11.3 Å². The van der Waals surface area contributed by atoms with Crippen molar-refractivity contribution in [2.75, 3.05) is 18.8 Å². The molecule has 0 saturated carbocycles. The molecule has 0 amide bonds. The fraction of sp³-hybridized carbons (Fsp3) is 0.333. The predicted octanol–water partition coefficient (Wildman–Crippen LogP) is 3.53. The quantitative estimate of drug-likeness (QED) is 0.684. The molecule has 4 heterocycles. The van der Waals surface area contributed by atoms with Gasteiger partial charge in [-0.05, 0) is 49.7 Å². The van der Waals surface area contributed by atoms with Crippen molar-refractivity contribution in [1.29, 1.82) is 0 Å². The number of ether oxygens (including phenoxy) is 1. The third-order valence-electron chi connectivity index (χ3n) is 5.94. The van der Waals surface area contributed by atoms with E-state index in [2.05, 4.69) is 21.0 Å². The summed E-state index contributed by atoms with van der Waals surface area (Å²) >= 11 is 6.12. The van der Waals surface area contributed by atoms with Crippen LogP contribution in [0.3, 0.4) is 0 Å². The van der Waals surface area contributed by atoms with Gasteiger partial charge in [-0.3, -0.25) is 4.68 Å². The molecule has 29 heavy (non-hydrogen) atoms. The maximum Gasteiger partial charge on any atom is 0.166 e. The molecule has 0 aliphatic carbocycles. The number of anilines is 1. The average molecular weight is 414 g/mol. The Bertz CT molecular complexity index is 1080. The molecule has 5 rings (SSSR count). The second kappa shape index (κ2) is 7.00. The van der Waals surface area contributed by atoms with Gasteiger partial charge in [0.2, 0.25) is 0 Å². The zero-order chi connectivity index (χ0) is 20.0. The molecule has 2 aromatic heterocycles. The number of nitrogen functional groups attached to an aromatic ring is 1. The standard InChI is InChI=1S/C21H21ClFN5O/c22-16-2-1-15(23)7-14(16)11-29-18-8-13(10-26-20(18)24)17-9-19-21(3-5-25-12-21)4-6-28(19)27-17/h1-2,7-10,25H,3-6,11-12H2,(H2,24,26). The number of nitrogens with two attached hydrogens (primary N) is 1. The number of hydrogen-bond donors (Lipinski definition) is 2. The summed E-state index contributed by atoms with van der Waals surface area (Å²) in [6.07, 6.45) is 3.97. The number of hydrogen-bond acceptors (Lipinski definition) is 5. The first-order valence-electron chi connectivity index (χ1n) is 9.66. The zero-order valence-electron chi connectivity index (χ0n) is 15.8. The molecule has 3 aromatic rings. The maximum atomic E-state index is 13.5. The van der Waals surface area contributed by atoms with E-state index in [1.165, 1.54) is 23.9 Å². The summed E-state index contributed by atoms with van der Waals surface area (Å²) < 4.78 is 21.4. The molecule has 1 spiro atoms. The predicted molar refractivity (Wildman–Crippen MR) is 109 cm³/mol. The van der Waals surface area contributed by atoms with Gasteiger partial charge < -0.3 is 15.8 Å². The molecule has 1 aromatic carbocycles. The highest BCUT2D eigenvalue weighted by atomic mass is 35.5. The number of benzene rings is 1. The Morgan fingerprint density at radius 2 is 2.17 bits per heavy atom. The van der Waals surface area contributed by atoms with Crippen LogP contribution in [0.15, 0.2) is 36.5 Å². The van der Waals surface area contributed by atoms with Crippen LogP contribution in [0.4, 0.5) is 10.2 Å². The highest BCUT2D eigenvalue weighted by molar-refractivity contribution is 6.31. The van der Waals surface area contributed by atoms with Gasteiger partial charge in [0.1, 0.15) is 12.4 Å². The first-order valence-corrected chi connectivity index (χ1v) is 10.0. The van der Waals surface area contributed by atoms with Gasteiger partial charge in [0, 0.05) is 46.5 Å². The number of fused-ring (bicyclic) bond motifs is 2. The molecule has 3 N–H and O–H groups in total. The highest BCUT2D eigenvalue weighted by Gasteiger charge is 2.42. The van der Waals surface area contributed by atoms with E-state index in [0.29, 0.717) is 16.3 Å². The molecule has 8 heteroatoms. The molecule has 6 nitrogen and oxygen atoms in total. The smallest absolute Gasteiger partial charge is 0.166 e. The normalized spacial score (nSPS) is 20.3. The van der Waals surface area contributed by atoms with Crippen molar-refractivity contribution < 1.29 is 9.13 Å². The third-order valence-corrected chi connectivity index (χ3v) is 6.31. The van der Waals surface area contributed by atoms with E-state index < -0.39 is 0 Å². The topological polar surface area (TPSA) is 78.0 Å². The lowest BCUT2D eigenvalue weighted by Crippen LogP contribution is -2.25. The van der Waals surface area contributed by atoms with E-state index >= 15 is 0 Å². The van der Waals surface area contributed by atoms with Gasteiger partial charge in [-0.1, -0.05) is 11.6 Å². The summed E-state index contributed by atoms with van der Waals surface area (Å²) in [6.45, 7) is 3.08. The van der Waals surface area contributed by atoms with Gasteiger partial charge in [0.15, 0.2) is 11.6 Å². The van der Waals surface area contributed by atoms with E-state index in [4.69, 9.17) is 27.2 Å². The molecular weight excluding hydrogens is 393 g/mol. The van der Waals surface area contributed by atoms with Crippen molar-refractivity contribution in [3.63, 3.8) is 0 Å². The van der Waals surface area contributed by atoms with Crippen molar-refractivity contribution in [2.45, 2.75) is 31.4 Å². The Morgan fingerprint density at radius 3 is 3.00 bits per heavy atom. The van der Waals surface area contributed by atoms with Crippen LogP contribution in [0.5, 0.6) is 5.75 Å². The third kappa shape index (κ3) is 3.24. The number of rotatable bonds is 4. The lowest BCUT2D eigenvalue weighted by molar-refractivity contribution is 0.306. The summed E-state index contributed by atoms with van der Waals surface area (Å²) in [7, 11) is 0. The largest absolute Gasteiger partial charge is 0.485 e. The number of pyridine rings is 1. The molecule has 2 aliphatic heterocycles. The van der Waals surface area contributed by atoms with Gasteiger partial charge in [0.05, 0.1) is 5.69 Å². The zero-order valence-corrected chi connectivity index (χ0v) is 16.5. The number of aromatic nitrogens is 3. The van der Waals surface area contributed by atoms with Crippen molar-refractivity contribution in [2.24, 2.45) is 0 Å². The summed E-state index contributed by atoms with van der Waals surface area (Å²) in [6, 6.07) is 8.15. The summed E-state index contributed by atoms with van der Waals surface area (Å²) in [5.41, 5.74) is 9.70. The van der Waals surface area contributed by atoms with Crippen molar-refractivity contribution in [1.82, 2.24) is 20.1 Å². The van der Waals surface area contributed by atoms with Crippen LogP contribution in [0, 0.1) is 5.82 Å². The van der Waals surface area contributed by atoms with E-state index in [1.807, 2.05) is 6.07 Å². The van der Waals surface area contributed by atoms with Gasteiger partial charge in [-0.25, -0.2) is 9.37 Å². The summed E-state index contributed by atoms with van der Waals surface area (Å²) in [5, 5.41) is 8.69. The Hall–Kier alpha value is -2.64. The molecular formula is C21H21ClFN5O. The molecule has 1 unspecified atom stereocenters. The summed E-state index contributed by atoms with van der Waals surface area (Å²) in [4.78, 5) is 4.26. The van der Waals surface area contributed by atoms with Crippen molar-refractivity contribution >= 4 is 17.4 Å². The van der Waals surface area contributed by atoms with E-state index in [9.17, 15) is 4.39 Å². The summed E-state index contributed by atoms with van der Waals surface area (Å²) in [5.74, 6) is 0.327. The first-order chi connectivity index (χ1) is 14.0. The van der Waals surface area contributed by atoms with Gasteiger partial charge >= 0.3 is 0 Å². The monoisotopic (exact) mass is 413 g/mol. The Morgan fingerprint density at radius 1 is 1.28 bits per heavy atom. The van der Waals surface area contributed by atoms with Crippen LogP contribution >= 0.6 is 11.6 Å². The minimum Gasteiger partial charge on any atom is -0.485 e. The van der Waals surface area contributed by atoms with Crippen molar-refractivity contribution in [3.8, 4) is 17.0 Å². The maximum absolute atomic E-state index is 13.5. The van der Waals surface area contributed by atoms with Crippen LogP contribution in [-0.4, -0.2) is 27.9 Å². The molecule has 1 saturated heterocycles. The number of nitrogens with one attached hydrogen (secondary N) is 1. The molecule has 0 radical (unpaired) electrons. The lowest BCUT2D eigenvalue weighted by atomic mass is 9.82. The molecule has 0 bridgehead atoms. The second-order valence-corrected chi connectivity index (χ2v) is 8.13. The number of nitrogens with zero attached hydrogens (tertiary/aromatic N) is 3. The van der Waals surface area contributed by atoms with E-state index in [1.54, 1.807) is 6.20 Å². The number of aryl methyl sites for hydroxylation is 1. The minimum absolute atomic E-state index is 0.0976. The van der Waals surface area contributed by atoms with Crippen molar-refractivity contribution in [3.05, 3.63) is 58.6 Å². The molecule has 2 aliphatic rings. The van der Waals surface area contributed by atoms with Crippen LogP contribution in [0.1, 0.15) is 24.1 Å². The van der Waals surface area contributed by atoms with Gasteiger partial charge in [-0.15, -0.1) is 0 Å². The molecule has 1 fully saturated rings. The highest BCUT2D eigenvalue weighted by Crippen LogP contribution is 2.41. The van der Waals surface area contributed by atoms with Gasteiger partial charge in [-0.2, -0.15) is 5.10 Å². The van der Waals surface area contributed by atoms with Gasteiger partial charge in [0.25, 0.3) is 0 Å². The lowest BCUT2D eigenvalue weighted by Gasteiger charge is -2.20. The number of halogens is 2. The Kier molecular flexibility index (Phi) is 4.44. The SMILES string of the molecule is Nc1ncc(-c2cc3n(n2)CCC32CCNC2)cc1OCc1cc(F)ccc1Cl. The molecule has 1 atom stereocenters.